The molecule has 0 heterocycles. The molecule has 12 heavy (non-hydrogen) atoms. The van der Waals surface area contributed by atoms with E-state index in [1.807, 2.05) is 0 Å². The van der Waals surface area contributed by atoms with Crippen LogP contribution in [0.1, 0.15) is 6.92 Å². The summed E-state index contributed by atoms with van der Waals surface area (Å²) in [4.78, 5) is 0.340. The molecule has 0 N–H and O–H groups in total. The van der Waals surface area contributed by atoms with Gasteiger partial charge >= 0.3 is 0 Å². The second kappa shape index (κ2) is 3.27. The van der Waals surface area contributed by atoms with Gasteiger partial charge in [-0.1, -0.05) is 18.2 Å². The van der Waals surface area contributed by atoms with Crippen molar-refractivity contribution in [3.05, 3.63) is 37.3 Å². The van der Waals surface area contributed by atoms with Crippen LogP contribution in [0.3, 0.4) is 0 Å². The highest BCUT2D eigenvalue weighted by Crippen LogP contribution is 2.13. The zero-order chi connectivity index (χ0) is 9.19. The molecule has 1 radical (unpaired) electrons. The Labute approximate surface area is 73.2 Å². The average molecular weight is 183 g/mol. The van der Waals surface area contributed by atoms with Gasteiger partial charge in [0.05, 0.1) is 10.1 Å². The minimum Gasteiger partial charge on any atom is -0.223 e. The number of rotatable bonds is 2. The lowest BCUT2D eigenvalue weighted by atomic mass is 10.4. The molecule has 0 aliphatic rings. The topological polar surface area (TPSA) is 34.1 Å². The maximum Gasteiger partial charge on any atom is 0.180 e. The van der Waals surface area contributed by atoms with Gasteiger partial charge in [-0.05, 0) is 26.0 Å². The second-order valence-corrected chi connectivity index (χ2v) is 5.03. The van der Waals surface area contributed by atoms with E-state index in [2.05, 4.69) is 6.92 Å². The van der Waals surface area contributed by atoms with Crippen LogP contribution in [0.4, 0.5) is 0 Å². The Bertz CT molecular complexity index is 338. The van der Waals surface area contributed by atoms with Crippen molar-refractivity contribution in [2.24, 2.45) is 0 Å². The molecule has 0 fully saturated rings. The lowest BCUT2D eigenvalue weighted by Gasteiger charge is -2.06. The Morgan fingerprint density at radius 2 is 1.75 bits per heavy atom. The Kier molecular flexibility index (Phi) is 2.52. The SMILES string of the molecule is [CH2]C(C)S(=O)(=O)c1ccccc1. The first-order valence-electron chi connectivity index (χ1n) is 3.67. The van der Waals surface area contributed by atoms with Gasteiger partial charge in [-0.15, -0.1) is 0 Å². The Balaban J connectivity index is 3.17. The van der Waals surface area contributed by atoms with Gasteiger partial charge in [0.2, 0.25) is 0 Å². The maximum absolute atomic E-state index is 11.5. The number of hydrogen-bond acceptors (Lipinski definition) is 2. The van der Waals surface area contributed by atoms with Crippen LogP contribution in [0.5, 0.6) is 0 Å². The second-order valence-electron chi connectivity index (χ2n) is 2.67. The molecule has 0 amide bonds. The van der Waals surface area contributed by atoms with E-state index < -0.39 is 15.1 Å². The lowest BCUT2D eigenvalue weighted by molar-refractivity contribution is 0.591. The summed E-state index contributed by atoms with van der Waals surface area (Å²) in [5, 5.41) is -0.597. The first-order chi connectivity index (χ1) is 5.55. The molecule has 0 saturated heterocycles. The van der Waals surface area contributed by atoms with E-state index in [9.17, 15) is 8.42 Å². The van der Waals surface area contributed by atoms with Gasteiger partial charge < -0.3 is 0 Å². The minimum atomic E-state index is -3.19. The van der Waals surface area contributed by atoms with Crippen LogP contribution in [0.15, 0.2) is 35.2 Å². The molecule has 1 aromatic carbocycles. The third-order valence-electron chi connectivity index (χ3n) is 1.60. The fourth-order valence-electron chi connectivity index (χ4n) is 0.842. The monoisotopic (exact) mass is 183 g/mol. The van der Waals surface area contributed by atoms with E-state index in [1.165, 1.54) is 0 Å². The molecule has 2 nitrogen and oxygen atoms in total. The largest absolute Gasteiger partial charge is 0.223 e. The van der Waals surface area contributed by atoms with Crippen molar-refractivity contribution in [2.45, 2.75) is 17.1 Å². The molecule has 65 valence electrons. The summed E-state index contributed by atoms with van der Waals surface area (Å²) in [6, 6.07) is 8.35. The molecule has 0 bridgehead atoms. The Morgan fingerprint density at radius 3 is 2.17 bits per heavy atom. The quantitative estimate of drug-likeness (QED) is 0.699. The summed E-state index contributed by atoms with van der Waals surface area (Å²) < 4.78 is 22.9. The zero-order valence-electron chi connectivity index (χ0n) is 6.90. The van der Waals surface area contributed by atoms with Gasteiger partial charge in [0.25, 0.3) is 0 Å². The van der Waals surface area contributed by atoms with Crippen LogP contribution in [0, 0.1) is 6.92 Å². The number of benzene rings is 1. The summed E-state index contributed by atoms with van der Waals surface area (Å²) in [6.45, 7) is 5.07. The fraction of sp³-hybridized carbons (Fsp3) is 0.222. The highest BCUT2D eigenvalue weighted by Gasteiger charge is 2.17. The van der Waals surface area contributed by atoms with Crippen LogP contribution >= 0.6 is 0 Å². The van der Waals surface area contributed by atoms with Crippen LogP contribution in [-0.4, -0.2) is 13.7 Å². The summed E-state index contributed by atoms with van der Waals surface area (Å²) in [6.07, 6.45) is 0. The van der Waals surface area contributed by atoms with Crippen molar-refractivity contribution in [3.63, 3.8) is 0 Å². The molecular weight excluding hydrogens is 172 g/mol. The third kappa shape index (κ3) is 1.67. The van der Waals surface area contributed by atoms with Crippen LogP contribution in [0.25, 0.3) is 0 Å². The molecule has 1 unspecified atom stereocenters. The molecule has 1 atom stereocenters. The van der Waals surface area contributed by atoms with Gasteiger partial charge in [0.1, 0.15) is 0 Å². The van der Waals surface area contributed by atoms with Crippen LogP contribution in [0.2, 0.25) is 0 Å². The fourth-order valence-corrected chi connectivity index (χ4v) is 1.84. The van der Waals surface area contributed by atoms with Crippen molar-refractivity contribution >= 4 is 9.84 Å². The van der Waals surface area contributed by atoms with Gasteiger partial charge in [0.15, 0.2) is 9.84 Å². The van der Waals surface area contributed by atoms with Crippen LogP contribution < -0.4 is 0 Å². The number of sulfone groups is 1. The average Bonchev–Trinajstić information content (AvgIpc) is 2.06. The normalized spacial score (nSPS) is 11.9. The van der Waals surface area contributed by atoms with Crippen molar-refractivity contribution < 1.29 is 8.42 Å². The van der Waals surface area contributed by atoms with E-state index in [4.69, 9.17) is 0 Å². The molecular formula is C9H11O2S. The van der Waals surface area contributed by atoms with E-state index in [0.29, 0.717) is 4.90 Å². The van der Waals surface area contributed by atoms with E-state index >= 15 is 0 Å². The van der Waals surface area contributed by atoms with Gasteiger partial charge in [-0.25, -0.2) is 8.42 Å². The zero-order valence-corrected chi connectivity index (χ0v) is 7.71. The van der Waals surface area contributed by atoms with E-state index in [1.54, 1.807) is 37.3 Å². The van der Waals surface area contributed by atoms with Crippen LogP contribution in [-0.2, 0) is 9.84 Å². The predicted octanol–water partition coefficient (Wildman–Crippen LogP) is 1.68. The standard InChI is InChI=1S/C9H11O2S/c1-8(2)12(10,11)9-6-4-3-5-7-9/h3-8H,1H2,2H3. The summed E-state index contributed by atoms with van der Waals surface area (Å²) in [5.74, 6) is 0. The molecule has 0 aliphatic carbocycles. The molecule has 0 aromatic heterocycles. The predicted molar refractivity (Wildman–Crippen MR) is 48.4 cm³/mol. The van der Waals surface area contributed by atoms with Crippen molar-refractivity contribution in [3.8, 4) is 0 Å². The van der Waals surface area contributed by atoms with E-state index in [0.717, 1.165) is 0 Å². The van der Waals surface area contributed by atoms with Crippen molar-refractivity contribution in [1.82, 2.24) is 0 Å². The van der Waals surface area contributed by atoms with Gasteiger partial charge in [0, 0.05) is 0 Å². The Hall–Kier alpha value is -0.830. The van der Waals surface area contributed by atoms with E-state index in [-0.39, 0.29) is 0 Å². The molecule has 1 aromatic rings. The molecule has 0 saturated carbocycles. The summed E-state index contributed by atoms with van der Waals surface area (Å²) >= 11 is 0. The number of hydrogen-bond donors (Lipinski definition) is 0. The first kappa shape index (κ1) is 9.26. The maximum atomic E-state index is 11.5. The summed E-state index contributed by atoms with van der Waals surface area (Å²) in [7, 11) is -3.19. The summed E-state index contributed by atoms with van der Waals surface area (Å²) in [5.41, 5.74) is 0. The first-order valence-corrected chi connectivity index (χ1v) is 5.22. The highest BCUT2D eigenvalue weighted by atomic mass is 32.2. The smallest absolute Gasteiger partial charge is 0.180 e. The molecule has 1 rings (SSSR count). The molecule has 3 heteroatoms. The molecule has 0 aliphatic heterocycles. The van der Waals surface area contributed by atoms with Crippen molar-refractivity contribution in [2.75, 3.05) is 0 Å². The Morgan fingerprint density at radius 1 is 1.25 bits per heavy atom. The minimum absolute atomic E-state index is 0.340. The lowest BCUT2D eigenvalue weighted by Crippen LogP contribution is -2.13. The molecule has 0 spiro atoms. The van der Waals surface area contributed by atoms with Gasteiger partial charge in [-0.3, -0.25) is 0 Å². The highest BCUT2D eigenvalue weighted by molar-refractivity contribution is 7.92. The van der Waals surface area contributed by atoms with Gasteiger partial charge in [-0.2, -0.15) is 0 Å². The third-order valence-corrected chi connectivity index (χ3v) is 3.59. The van der Waals surface area contributed by atoms with Crippen molar-refractivity contribution in [1.29, 1.82) is 0 Å².